The number of aromatic nitrogens is 7. The van der Waals surface area contributed by atoms with E-state index < -0.39 is 86.7 Å². The normalized spacial score (nSPS) is 29.0. The van der Waals surface area contributed by atoms with Crippen molar-refractivity contribution in [1.29, 1.82) is 0 Å². The average molecular weight is 758 g/mol. The lowest BCUT2D eigenvalue weighted by molar-refractivity contribution is -0.0431. The standard InChI is InChI=1S/C21H26FN9O11P2S3/c22-9-1-7(41-19(9)30-6-27-11-14(23)25-5-26-15(11)30)2-39-44(37,46)40-3-8-12(32)10(4-38-43(35,36)45)42-18(8)31-16-13(47-21(31)34)17(33)29-20(24)28-16/h5-10,12,18-19,32H,1-4H2,(H,37,46)(H2,23,25,26)(H2,35,36,45)(H3,24,28,29,33)/t7-,8+,9+,10?,12?,18+,19+,44?/m0/s1. The van der Waals surface area contributed by atoms with E-state index in [4.69, 9.17) is 34.5 Å². The van der Waals surface area contributed by atoms with Crippen LogP contribution in [0.4, 0.5) is 16.2 Å². The van der Waals surface area contributed by atoms with Crippen LogP contribution < -0.4 is 21.9 Å². The highest BCUT2D eigenvalue weighted by Crippen LogP contribution is 2.55. The van der Waals surface area contributed by atoms with E-state index in [-0.39, 0.29) is 39.7 Å². The van der Waals surface area contributed by atoms with E-state index in [9.17, 15) is 28.7 Å². The van der Waals surface area contributed by atoms with Gasteiger partial charge in [-0.2, -0.15) is 4.98 Å². The SMILES string of the molecule is Nc1nc2c(sc(=O)n2[C@@H]2OC(COP(=O)(O)S)C(O)[C@H]2COP(=O)(S)OC[C@@H]2C[C@@H](F)[C@H](n3cnc4c(N)ncnc43)O2)c(=O)[nH]1. The molecule has 0 bridgehead atoms. The van der Waals surface area contributed by atoms with Crippen molar-refractivity contribution >= 4 is 82.7 Å². The van der Waals surface area contributed by atoms with E-state index in [1.165, 1.54) is 17.2 Å². The minimum absolute atomic E-state index is 0.0966. The van der Waals surface area contributed by atoms with Crippen molar-refractivity contribution in [3.63, 3.8) is 0 Å². The van der Waals surface area contributed by atoms with Crippen LogP contribution in [0.2, 0.25) is 0 Å². The summed E-state index contributed by atoms with van der Waals surface area (Å²) in [5.41, 5.74) is 11.1. The number of hydrogen-bond acceptors (Lipinski definition) is 17. The van der Waals surface area contributed by atoms with E-state index in [1.807, 2.05) is 0 Å². The number of nitrogens with two attached hydrogens (primary N) is 2. The molecule has 0 amide bonds. The van der Waals surface area contributed by atoms with Crippen LogP contribution in [0, 0.1) is 5.92 Å². The molecule has 0 aliphatic carbocycles. The van der Waals surface area contributed by atoms with Gasteiger partial charge in [0.15, 0.2) is 23.3 Å². The van der Waals surface area contributed by atoms with Gasteiger partial charge >= 0.3 is 18.5 Å². The predicted octanol–water partition coefficient (Wildman–Crippen LogP) is 0.769. The zero-order chi connectivity index (χ0) is 33.8. The van der Waals surface area contributed by atoms with Crippen molar-refractivity contribution in [3.05, 3.63) is 32.7 Å². The van der Waals surface area contributed by atoms with E-state index in [1.54, 1.807) is 0 Å². The highest BCUT2D eigenvalue weighted by atomic mass is 32.7. The Morgan fingerprint density at radius 3 is 2.57 bits per heavy atom. The lowest BCUT2D eigenvalue weighted by Gasteiger charge is -2.23. The fraction of sp³-hybridized carbons (Fsp3) is 0.524. The summed E-state index contributed by atoms with van der Waals surface area (Å²) in [7, 11) is 0. The summed E-state index contributed by atoms with van der Waals surface area (Å²) in [6, 6.07) is 0. The lowest BCUT2D eigenvalue weighted by Crippen LogP contribution is -2.33. The van der Waals surface area contributed by atoms with Gasteiger partial charge in [0.25, 0.3) is 5.56 Å². The maximum atomic E-state index is 15.0. The van der Waals surface area contributed by atoms with Crippen LogP contribution in [-0.2, 0) is 32.2 Å². The first kappa shape index (κ1) is 34.4. The Balaban J connectivity index is 1.16. The molecule has 2 aliphatic rings. The zero-order valence-electron chi connectivity index (χ0n) is 23.5. The van der Waals surface area contributed by atoms with Crippen molar-refractivity contribution in [2.75, 3.05) is 31.3 Å². The summed E-state index contributed by atoms with van der Waals surface area (Å²) in [6.07, 6.45) is -5.51. The minimum atomic E-state index is -4.31. The Labute approximate surface area is 275 Å². The van der Waals surface area contributed by atoms with Gasteiger partial charge in [-0.05, 0) is 0 Å². The number of alkyl halides is 1. The van der Waals surface area contributed by atoms with Crippen LogP contribution in [-0.4, -0.2) is 88.4 Å². The van der Waals surface area contributed by atoms with Gasteiger partial charge in [0.05, 0.1) is 44.3 Å². The number of nitrogens with zero attached hydrogens (tertiary/aromatic N) is 6. The number of fused-ring (bicyclic) bond motifs is 2. The number of ether oxygens (including phenoxy) is 2. The number of aromatic amines is 1. The molecule has 4 aromatic rings. The number of thiol groups is 2. The number of rotatable bonds is 11. The molecular formula is C21H26FN9O11P2S3. The number of imidazole rings is 1. The summed E-state index contributed by atoms with van der Waals surface area (Å²) in [4.78, 5) is 52.4. The molecule has 26 heteroatoms. The Bertz CT molecular complexity index is 2020. The summed E-state index contributed by atoms with van der Waals surface area (Å²) in [5.74, 6) is -1.43. The second-order valence-electron chi connectivity index (χ2n) is 10.4. The second-order valence-corrected chi connectivity index (χ2v) is 17.0. The molecule has 4 unspecified atom stereocenters. The van der Waals surface area contributed by atoms with Crippen molar-refractivity contribution in [1.82, 2.24) is 34.1 Å². The third-order valence-corrected chi connectivity index (χ3v) is 10.7. The van der Waals surface area contributed by atoms with Crippen LogP contribution >= 0.6 is 49.4 Å². The Kier molecular flexibility index (Phi) is 9.59. The van der Waals surface area contributed by atoms with Crippen LogP contribution in [0.15, 0.2) is 22.2 Å². The van der Waals surface area contributed by atoms with Crippen molar-refractivity contribution in [2.24, 2.45) is 5.92 Å². The largest absolute Gasteiger partial charge is 0.390 e. The Hall–Kier alpha value is -2.47. The molecule has 2 saturated heterocycles. The molecule has 0 spiro atoms. The van der Waals surface area contributed by atoms with Crippen LogP contribution in [0.3, 0.4) is 0 Å². The van der Waals surface area contributed by atoms with Gasteiger partial charge < -0.3 is 35.5 Å². The van der Waals surface area contributed by atoms with Crippen LogP contribution in [0.5, 0.6) is 0 Å². The van der Waals surface area contributed by atoms with Gasteiger partial charge in [-0.3, -0.25) is 32.8 Å². The number of nitrogens with one attached hydrogen (secondary N) is 1. The lowest BCUT2D eigenvalue weighted by atomic mass is 10.0. The fourth-order valence-electron chi connectivity index (χ4n) is 5.22. The van der Waals surface area contributed by atoms with Crippen molar-refractivity contribution in [2.45, 2.75) is 43.4 Å². The Morgan fingerprint density at radius 1 is 1.09 bits per heavy atom. The monoisotopic (exact) mass is 757 g/mol. The predicted molar refractivity (Wildman–Crippen MR) is 169 cm³/mol. The minimum Gasteiger partial charge on any atom is -0.390 e. The molecule has 9 atom stereocenters. The fourth-order valence-corrected chi connectivity index (χ4v) is 7.79. The van der Waals surface area contributed by atoms with Gasteiger partial charge in [-0.15, -0.1) is 0 Å². The maximum Gasteiger partial charge on any atom is 0.386 e. The molecular weight excluding hydrogens is 731 g/mol. The van der Waals surface area contributed by atoms with E-state index in [0.717, 1.165) is 4.57 Å². The maximum absolute atomic E-state index is 15.0. The number of thiazole rings is 1. The first-order valence-corrected chi connectivity index (χ1v) is 19.6. The highest BCUT2D eigenvalue weighted by Gasteiger charge is 2.48. The summed E-state index contributed by atoms with van der Waals surface area (Å²) < 4.78 is 69.2. The third kappa shape index (κ3) is 7.14. The molecule has 0 aromatic carbocycles. The molecule has 7 N–H and O–H groups in total. The second kappa shape index (κ2) is 13.1. The van der Waals surface area contributed by atoms with Crippen LogP contribution in [0.1, 0.15) is 18.9 Å². The molecule has 6 rings (SSSR count). The molecule has 0 saturated carbocycles. The highest BCUT2D eigenvalue weighted by molar-refractivity contribution is 8.44. The third-order valence-electron chi connectivity index (χ3n) is 7.30. The number of aliphatic hydroxyl groups is 1. The zero-order valence-corrected chi connectivity index (χ0v) is 27.9. The number of anilines is 2. The molecule has 0 radical (unpaired) electrons. The quantitative estimate of drug-likeness (QED) is 0.0821. The van der Waals surface area contributed by atoms with Gasteiger partial charge in [-0.1, -0.05) is 35.8 Å². The Morgan fingerprint density at radius 2 is 1.83 bits per heavy atom. The summed E-state index contributed by atoms with van der Waals surface area (Å²) >= 11 is 7.95. The van der Waals surface area contributed by atoms with Crippen molar-refractivity contribution < 1.29 is 46.6 Å². The molecule has 47 heavy (non-hydrogen) atoms. The van der Waals surface area contributed by atoms with Crippen LogP contribution in [0.25, 0.3) is 21.5 Å². The van der Waals surface area contributed by atoms with Gasteiger partial charge in [-0.25, -0.2) is 28.5 Å². The van der Waals surface area contributed by atoms with Gasteiger partial charge in [0.2, 0.25) is 5.95 Å². The summed E-state index contributed by atoms with van der Waals surface area (Å²) in [6.45, 7) is -10.2. The van der Waals surface area contributed by atoms with E-state index in [0.29, 0.717) is 11.3 Å². The molecule has 2 aliphatic heterocycles. The average Bonchev–Trinajstić information content (AvgIpc) is 3.73. The van der Waals surface area contributed by atoms with Crippen molar-refractivity contribution in [3.8, 4) is 0 Å². The van der Waals surface area contributed by atoms with E-state index in [2.05, 4.69) is 49.4 Å². The first-order chi connectivity index (χ1) is 22.1. The molecule has 6 heterocycles. The van der Waals surface area contributed by atoms with Gasteiger partial charge in [0.1, 0.15) is 35.0 Å². The number of hydrogen-bond donors (Lipinski definition) is 7. The molecule has 2 fully saturated rings. The first-order valence-electron chi connectivity index (χ1n) is 13.4. The molecule has 256 valence electrons. The smallest absolute Gasteiger partial charge is 0.386 e. The number of H-pyrrole nitrogens is 1. The molecule has 20 nitrogen and oxygen atoms in total. The number of aliphatic hydroxyl groups excluding tert-OH is 1. The molecule has 4 aromatic heterocycles. The number of nitrogen functional groups attached to an aromatic ring is 2. The number of halogens is 1. The summed E-state index contributed by atoms with van der Waals surface area (Å²) in [5, 5.41) is 11.1. The van der Waals surface area contributed by atoms with E-state index >= 15 is 4.39 Å². The van der Waals surface area contributed by atoms with Gasteiger partial charge in [0, 0.05) is 6.42 Å². The topological polar surface area (TPSA) is 284 Å².